The molecule has 0 unspecified atom stereocenters. The van der Waals surface area contributed by atoms with Gasteiger partial charge >= 0.3 is 0 Å². The van der Waals surface area contributed by atoms with Crippen LogP contribution in [0.4, 0.5) is 0 Å². The summed E-state index contributed by atoms with van der Waals surface area (Å²) >= 11 is 0. The first kappa shape index (κ1) is 20.0. The van der Waals surface area contributed by atoms with Crippen LogP contribution < -0.4 is 5.32 Å². The highest BCUT2D eigenvalue weighted by Crippen LogP contribution is 2.39. The number of ether oxygens (including phenoxy) is 1. The van der Waals surface area contributed by atoms with Gasteiger partial charge in [0, 0.05) is 38.7 Å². The molecule has 4 heterocycles. The molecule has 0 radical (unpaired) electrons. The Morgan fingerprint density at radius 3 is 2.66 bits per heavy atom. The van der Waals surface area contributed by atoms with Crippen molar-refractivity contribution < 1.29 is 19.2 Å². The maximum atomic E-state index is 12.4. The van der Waals surface area contributed by atoms with E-state index in [1.807, 2.05) is 4.57 Å². The van der Waals surface area contributed by atoms with E-state index < -0.39 is 11.6 Å². The number of nitrogens with one attached hydrogen (secondary N) is 1. The number of likely N-dealkylation sites (tertiary alicyclic amines) is 1. The van der Waals surface area contributed by atoms with Gasteiger partial charge in [0.25, 0.3) is 5.91 Å². The fourth-order valence-corrected chi connectivity index (χ4v) is 4.27. The van der Waals surface area contributed by atoms with Crippen LogP contribution in [0.15, 0.2) is 23.2 Å². The molecule has 10 heteroatoms. The highest BCUT2D eigenvalue weighted by atomic mass is 16.5. The van der Waals surface area contributed by atoms with E-state index in [1.54, 1.807) is 32.6 Å². The number of piperidine rings is 1. The topological polar surface area (TPSA) is 119 Å². The number of hydrogen-bond acceptors (Lipinski definition) is 8. The van der Waals surface area contributed by atoms with E-state index in [2.05, 4.69) is 25.6 Å². The molecule has 0 bridgehead atoms. The third-order valence-corrected chi connectivity index (χ3v) is 6.06. The first-order valence-electron chi connectivity index (χ1n) is 10.0. The van der Waals surface area contributed by atoms with Crippen molar-refractivity contribution in [2.45, 2.75) is 56.9 Å². The Bertz CT molecular complexity index is 826. The largest absolute Gasteiger partial charge is 0.388 e. The summed E-state index contributed by atoms with van der Waals surface area (Å²) in [5, 5.41) is 25.3. The van der Waals surface area contributed by atoms with E-state index in [4.69, 9.17) is 9.26 Å². The minimum atomic E-state index is -1.06. The molecule has 2 aromatic rings. The van der Waals surface area contributed by atoms with Crippen LogP contribution in [0.1, 0.15) is 42.4 Å². The number of rotatable bonds is 5. The summed E-state index contributed by atoms with van der Waals surface area (Å²) < 4.78 is 13.1. The molecule has 0 aromatic carbocycles. The van der Waals surface area contributed by atoms with Crippen molar-refractivity contribution >= 4 is 5.91 Å². The Hall–Kier alpha value is -2.30. The molecular weight excluding hydrogens is 376 g/mol. The van der Waals surface area contributed by atoms with Gasteiger partial charge in [-0.1, -0.05) is 5.16 Å². The van der Waals surface area contributed by atoms with Crippen molar-refractivity contribution in [1.82, 2.24) is 30.1 Å². The normalized spacial score (nSPS) is 27.2. The lowest BCUT2D eigenvalue weighted by atomic mass is 9.75. The molecule has 2 saturated heterocycles. The lowest BCUT2D eigenvalue weighted by Gasteiger charge is -2.51. The van der Waals surface area contributed by atoms with E-state index in [-0.39, 0.29) is 23.8 Å². The molecule has 0 aliphatic carbocycles. The summed E-state index contributed by atoms with van der Waals surface area (Å²) in [5.41, 5.74) is -1.19. The van der Waals surface area contributed by atoms with Crippen LogP contribution >= 0.6 is 0 Å². The molecule has 10 nitrogen and oxygen atoms in total. The van der Waals surface area contributed by atoms with E-state index in [0.717, 1.165) is 39.0 Å². The van der Waals surface area contributed by atoms with E-state index >= 15 is 0 Å². The molecule has 2 fully saturated rings. The average molecular weight is 404 g/mol. The molecule has 2 aliphatic heterocycles. The molecule has 1 spiro atoms. The van der Waals surface area contributed by atoms with Gasteiger partial charge in [-0.3, -0.25) is 4.79 Å². The van der Waals surface area contributed by atoms with Crippen molar-refractivity contribution in [2.24, 2.45) is 0 Å². The van der Waals surface area contributed by atoms with Gasteiger partial charge in [0.15, 0.2) is 5.69 Å². The van der Waals surface area contributed by atoms with E-state index in [0.29, 0.717) is 12.2 Å². The number of amides is 1. The van der Waals surface area contributed by atoms with Crippen molar-refractivity contribution in [1.29, 1.82) is 0 Å². The zero-order valence-corrected chi connectivity index (χ0v) is 16.9. The second-order valence-electron chi connectivity index (χ2n) is 8.42. The SMILES string of the molecule is Cc1cc(C(=O)N[C@H]2COC3(CCN(CCn4cnnc4)CC3)C[C@]2(C)O)no1. The van der Waals surface area contributed by atoms with Gasteiger partial charge < -0.3 is 29.2 Å². The first-order valence-corrected chi connectivity index (χ1v) is 10.0. The molecular formula is C19H28N6O4. The van der Waals surface area contributed by atoms with Crippen LogP contribution in [0.5, 0.6) is 0 Å². The summed E-state index contributed by atoms with van der Waals surface area (Å²) in [7, 11) is 0. The standard InChI is InChI=1S/C19H28N6O4/c1-14-9-15(23-29-14)17(26)22-16-10-28-19(11-18(16,2)27)3-5-24(6-4-19)7-8-25-12-20-21-13-25/h9,12-13,16,27H,3-8,10-11H2,1-2H3,(H,22,26)/t16-,18-/m0/s1. The fourth-order valence-electron chi connectivity index (χ4n) is 4.27. The zero-order valence-electron chi connectivity index (χ0n) is 16.9. The van der Waals surface area contributed by atoms with Crippen LogP contribution in [0.25, 0.3) is 0 Å². The minimum absolute atomic E-state index is 0.208. The molecule has 29 heavy (non-hydrogen) atoms. The van der Waals surface area contributed by atoms with Gasteiger partial charge in [-0.15, -0.1) is 10.2 Å². The predicted molar refractivity (Wildman–Crippen MR) is 102 cm³/mol. The fraction of sp³-hybridized carbons (Fsp3) is 0.684. The maximum absolute atomic E-state index is 12.4. The Labute approximate surface area is 169 Å². The molecule has 2 aromatic heterocycles. The minimum Gasteiger partial charge on any atom is -0.388 e. The van der Waals surface area contributed by atoms with E-state index in [9.17, 15) is 9.90 Å². The van der Waals surface area contributed by atoms with Crippen molar-refractivity contribution in [3.8, 4) is 0 Å². The summed E-state index contributed by atoms with van der Waals surface area (Å²) in [5.74, 6) is 0.201. The second kappa shape index (κ2) is 7.85. The van der Waals surface area contributed by atoms with E-state index in [1.165, 1.54) is 0 Å². The smallest absolute Gasteiger partial charge is 0.273 e. The van der Waals surface area contributed by atoms with Gasteiger partial charge in [0.05, 0.1) is 23.9 Å². The lowest BCUT2D eigenvalue weighted by molar-refractivity contribution is -0.186. The van der Waals surface area contributed by atoms with Gasteiger partial charge in [0.1, 0.15) is 18.4 Å². The number of aliphatic hydroxyl groups is 1. The second-order valence-corrected chi connectivity index (χ2v) is 8.42. The molecule has 0 saturated carbocycles. The predicted octanol–water partition coefficient (Wildman–Crippen LogP) is 0.379. The van der Waals surface area contributed by atoms with Crippen LogP contribution in [-0.4, -0.2) is 79.3 Å². The lowest BCUT2D eigenvalue weighted by Crippen LogP contribution is -2.64. The van der Waals surface area contributed by atoms with Crippen LogP contribution in [0.3, 0.4) is 0 Å². The van der Waals surface area contributed by atoms with Crippen molar-refractivity contribution in [2.75, 3.05) is 26.2 Å². The number of hydrogen-bond donors (Lipinski definition) is 2. The maximum Gasteiger partial charge on any atom is 0.273 e. The quantitative estimate of drug-likeness (QED) is 0.734. The summed E-state index contributed by atoms with van der Waals surface area (Å²) in [6, 6.07) is 1.08. The highest BCUT2D eigenvalue weighted by molar-refractivity contribution is 5.92. The first-order chi connectivity index (χ1) is 13.9. The van der Waals surface area contributed by atoms with Crippen molar-refractivity contribution in [3.05, 3.63) is 30.2 Å². The summed E-state index contributed by atoms with van der Waals surface area (Å²) in [4.78, 5) is 14.8. The van der Waals surface area contributed by atoms with Crippen LogP contribution in [0, 0.1) is 6.92 Å². The average Bonchev–Trinajstić information content (AvgIpc) is 3.35. The third-order valence-electron chi connectivity index (χ3n) is 6.06. The number of carbonyl (C=O) groups is 1. The van der Waals surface area contributed by atoms with Crippen LogP contribution in [0.2, 0.25) is 0 Å². The Morgan fingerprint density at radius 2 is 2.03 bits per heavy atom. The summed E-state index contributed by atoms with van der Waals surface area (Å²) in [6.45, 7) is 7.38. The summed E-state index contributed by atoms with van der Waals surface area (Å²) in [6.07, 6.45) is 5.65. The number of nitrogens with zero attached hydrogens (tertiary/aromatic N) is 5. The van der Waals surface area contributed by atoms with Gasteiger partial charge in [0.2, 0.25) is 0 Å². The van der Waals surface area contributed by atoms with Gasteiger partial charge in [-0.05, 0) is 26.7 Å². The third kappa shape index (κ3) is 4.49. The Balaban J connectivity index is 1.30. The zero-order chi connectivity index (χ0) is 20.5. The molecule has 1 amide bonds. The van der Waals surface area contributed by atoms with Gasteiger partial charge in [-0.25, -0.2) is 0 Å². The number of carbonyl (C=O) groups excluding carboxylic acids is 1. The highest BCUT2D eigenvalue weighted by Gasteiger charge is 2.49. The van der Waals surface area contributed by atoms with Gasteiger partial charge in [-0.2, -0.15) is 0 Å². The van der Waals surface area contributed by atoms with Crippen molar-refractivity contribution in [3.63, 3.8) is 0 Å². The molecule has 2 aliphatic rings. The molecule has 2 atom stereocenters. The molecule has 2 N–H and O–H groups in total. The Kier molecular flexibility index (Phi) is 5.41. The molecule has 158 valence electrons. The molecule has 4 rings (SSSR count). The number of aryl methyl sites for hydroxylation is 1. The van der Waals surface area contributed by atoms with Crippen LogP contribution in [-0.2, 0) is 11.3 Å². The monoisotopic (exact) mass is 404 g/mol. The number of aromatic nitrogens is 4. The Morgan fingerprint density at radius 1 is 1.31 bits per heavy atom.